The molecule has 0 radical (unpaired) electrons. The minimum atomic E-state index is -3.25. The molecule has 8 heteroatoms. The van der Waals surface area contributed by atoms with Crippen LogP contribution >= 0.6 is 0 Å². The Labute approximate surface area is 95.1 Å². The minimum absolute atomic E-state index is 0.0549. The smallest absolute Gasteiger partial charge is 0.213 e. The number of hydrogen-bond acceptors (Lipinski definition) is 5. The van der Waals surface area contributed by atoms with Crippen LogP contribution in [0.4, 0.5) is 0 Å². The summed E-state index contributed by atoms with van der Waals surface area (Å²) in [5, 5.41) is 9.25. The molecule has 16 heavy (non-hydrogen) atoms. The normalized spacial score (nSPS) is 12.2. The summed E-state index contributed by atoms with van der Waals surface area (Å²) in [7, 11) is -3.25. The van der Waals surface area contributed by atoms with E-state index in [1.807, 2.05) is 13.8 Å². The summed E-state index contributed by atoms with van der Waals surface area (Å²) >= 11 is 0. The molecule has 0 aliphatic carbocycles. The molecule has 0 bridgehead atoms. The summed E-state index contributed by atoms with van der Waals surface area (Å²) in [6.07, 6.45) is 1.34. The van der Waals surface area contributed by atoms with E-state index in [4.69, 9.17) is 0 Å². The first kappa shape index (κ1) is 13.1. The van der Waals surface area contributed by atoms with Crippen molar-refractivity contribution in [1.82, 2.24) is 25.2 Å². The highest BCUT2D eigenvalue weighted by atomic mass is 32.2. The average molecular weight is 247 g/mol. The predicted molar refractivity (Wildman–Crippen MR) is 60.1 cm³/mol. The van der Waals surface area contributed by atoms with Crippen molar-refractivity contribution in [3.63, 3.8) is 0 Å². The van der Waals surface area contributed by atoms with E-state index in [9.17, 15) is 8.42 Å². The van der Waals surface area contributed by atoms with Crippen molar-refractivity contribution >= 4 is 10.0 Å². The summed E-state index contributed by atoms with van der Waals surface area (Å²) < 4.78 is 25.4. The second kappa shape index (κ2) is 5.92. The van der Waals surface area contributed by atoms with Gasteiger partial charge in [-0.2, -0.15) is 5.10 Å². The number of H-pyrrole nitrogens is 1. The monoisotopic (exact) mass is 247 g/mol. The van der Waals surface area contributed by atoms with Crippen LogP contribution in [0.5, 0.6) is 0 Å². The molecule has 0 amide bonds. The molecule has 0 atom stereocenters. The Kier molecular flexibility index (Phi) is 4.84. The van der Waals surface area contributed by atoms with E-state index in [2.05, 4.69) is 25.2 Å². The van der Waals surface area contributed by atoms with E-state index < -0.39 is 10.0 Å². The van der Waals surface area contributed by atoms with E-state index in [0.717, 1.165) is 0 Å². The number of hydrogen-bond donors (Lipinski definition) is 3. The summed E-state index contributed by atoms with van der Waals surface area (Å²) in [5.41, 5.74) is 0. The summed E-state index contributed by atoms with van der Waals surface area (Å²) in [6.45, 7) is 4.51. The fourth-order valence-electron chi connectivity index (χ4n) is 1.05. The number of nitrogens with one attached hydrogen (secondary N) is 3. The van der Waals surface area contributed by atoms with Crippen molar-refractivity contribution < 1.29 is 8.42 Å². The van der Waals surface area contributed by atoms with Gasteiger partial charge < -0.3 is 5.32 Å². The lowest BCUT2D eigenvalue weighted by molar-refractivity contribution is 0.565. The van der Waals surface area contributed by atoms with Crippen LogP contribution in [0.15, 0.2) is 6.33 Å². The lowest BCUT2D eigenvalue weighted by atomic mass is 10.4. The van der Waals surface area contributed by atoms with E-state index >= 15 is 0 Å². The van der Waals surface area contributed by atoms with Crippen molar-refractivity contribution in [2.75, 3.05) is 12.3 Å². The number of rotatable bonds is 7. The Balaban J connectivity index is 2.29. The van der Waals surface area contributed by atoms with Crippen molar-refractivity contribution in [1.29, 1.82) is 0 Å². The lowest BCUT2D eigenvalue weighted by Gasteiger charge is -2.08. The van der Waals surface area contributed by atoms with Gasteiger partial charge in [-0.25, -0.2) is 18.1 Å². The zero-order valence-electron chi connectivity index (χ0n) is 9.40. The summed E-state index contributed by atoms with van der Waals surface area (Å²) in [4.78, 5) is 3.82. The van der Waals surface area contributed by atoms with E-state index in [0.29, 0.717) is 12.4 Å². The first-order valence-electron chi connectivity index (χ1n) is 5.04. The lowest BCUT2D eigenvalue weighted by Crippen LogP contribution is -2.34. The van der Waals surface area contributed by atoms with E-state index in [-0.39, 0.29) is 18.3 Å². The van der Waals surface area contributed by atoms with Crippen LogP contribution in [-0.4, -0.2) is 41.9 Å². The zero-order valence-corrected chi connectivity index (χ0v) is 10.2. The van der Waals surface area contributed by atoms with Gasteiger partial charge in [0.15, 0.2) is 0 Å². The largest absolute Gasteiger partial charge is 0.313 e. The molecular weight excluding hydrogens is 230 g/mol. The van der Waals surface area contributed by atoms with Gasteiger partial charge in [-0.05, 0) is 0 Å². The third-order valence-electron chi connectivity index (χ3n) is 1.85. The Bertz CT molecular complexity index is 387. The second-order valence-corrected chi connectivity index (χ2v) is 5.61. The Morgan fingerprint density at radius 2 is 2.25 bits per heavy atom. The van der Waals surface area contributed by atoms with Gasteiger partial charge in [0.2, 0.25) is 10.0 Å². The third-order valence-corrected chi connectivity index (χ3v) is 3.17. The molecule has 0 saturated heterocycles. The minimum Gasteiger partial charge on any atom is -0.313 e. The Hall–Kier alpha value is -0.990. The molecule has 0 fully saturated rings. The van der Waals surface area contributed by atoms with Gasteiger partial charge >= 0.3 is 0 Å². The van der Waals surface area contributed by atoms with Crippen LogP contribution in [0.25, 0.3) is 0 Å². The van der Waals surface area contributed by atoms with Crippen molar-refractivity contribution in [3.8, 4) is 0 Å². The van der Waals surface area contributed by atoms with Crippen molar-refractivity contribution in [2.24, 2.45) is 0 Å². The molecule has 3 N–H and O–H groups in total. The van der Waals surface area contributed by atoms with Crippen LogP contribution in [0.1, 0.15) is 19.7 Å². The molecule has 0 aliphatic heterocycles. The van der Waals surface area contributed by atoms with Crippen molar-refractivity contribution in [2.45, 2.75) is 26.4 Å². The first-order chi connectivity index (χ1) is 7.49. The standard InChI is InChI=1S/C8H17N5O2S/c1-7(2)9-3-4-16(14,15)12-5-8-10-6-11-13-8/h6-7,9,12H,3-5H2,1-2H3,(H,10,11,13). The highest BCUT2D eigenvalue weighted by Crippen LogP contribution is 1.89. The molecule has 1 aromatic rings. The molecule has 7 nitrogen and oxygen atoms in total. The van der Waals surface area contributed by atoms with Gasteiger partial charge in [-0.1, -0.05) is 13.8 Å². The molecule has 0 aliphatic rings. The molecule has 0 unspecified atom stereocenters. The van der Waals surface area contributed by atoms with Crippen LogP contribution in [0.2, 0.25) is 0 Å². The van der Waals surface area contributed by atoms with Gasteiger partial charge in [0.05, 0.1) is 12.3 Å². The maximum absolute atomic E-state index is 11.5. The third kappa shape index (κ3) is 5.19. The molecule has 0 aromatic carbocycles. The molecular formula is C8H17N5O2S. The van der Waals surface area contributed by atoms with E-state index in [1.165, 1.54) is 6.33 Å². The topological polar surface area (TPSA) is 99.8 Å². The number of sulfonamides is 1. The van der Waals surface area contributed by atoms with Crippen molar-refractivity contribution in [3.05, 3.63) is 12.2 Å². The Morgan fingerprint density at radius 1 is 1.50 bits per heavy atom. The summed E-state index contributed by atoms with van der Waals surface area (Å²) in [5.74, 6) is 0.555. The highest BCUT2D eigenvalue weighted by Gasteiger charge is 2.10. The number of nitrogens with zero attached hydrogens (tertiary/aromatic N) is 2. The maximum atomic E-state index is 11.5. The van der Waals surface area contributed by atoms with Gasteiger partial charge in [0.1, 0.15) is 12.2 Å². The zero-order chi connectivity index (χ0) is 12.0. The van der Waals surface area contributed by atoms with Crippen LogP contribution < -0.4 is 10.0 Å². The van der Waals surface area contributed by atoms with Crippen LogP contribution in [0.3, 0.4) is 0 Å². The fourth-order valence-corrected chi connectivity index (χ4v) is 1.94. The number of aromatic nitrogens is 3. The molecule has 0 saturated carbocycles. The first-order valence-corrected chi connectivity index (χ1v) is 6.70. The predicted octanol–water partition coefficient (Wildman–Crippen LogP) is -0.778. The van der Waals surface area contributed by atoms with Gasteiger partial charge in [0, 0.05) is 12.6 Å². The number of aromatic amines is 1. The SMILES string of the molecule is CC(C)NCCS(=O)(=O)NCc1ncn[nH]1. The molecule has 1 aromatic heterocycles. The molecule has 1 heterocycles. The quantitative estimate of drug-likeness (QED) is 0.587. The Morgan fingerprint density at radius 3 is 2.81 bits per heavy atom. The van der Waals surface area contributed by atoms with Crippen LogP contribution in [0, 0.1) is 0 Å². The summed E-state index contributed by atoms with van der Waals surface area (Å²) in [6, 6.07) is 0.282. The highest BCUT2D eigenvalue weighted by molar-refractivity contribution is 7.89. The second-order valence-electron chi connectivity index (χ2n) is 3.68. The molecule has 0 spiro atoms. The maximum Gasteiger partial charge on any atom is 0.213 e. The van der Waals surface area contributed by atoms with Gasteiger partial charge in [-0.3, -0.25) is 5.10 Å². The van der Waals surface area contributed by atoms with Gasteiger partial charge in [-0.15, -0.1) is 0 Å². The van der Waals surface area contributed by atoms with Crippen LogP contribution in [-0.2, 0) is 16.6 Å². The molecule has 1 rings (SSSR count). The van der Waals surface area contributed by atoms with Gasteiger partial charge in [0.25, 0.3) is 0 Å². The average Bonchev–Trinajstić information content (AvgIpc) is 2.66. The fraction of sp³-hybridized carbons (Fsp3) is 0.750. The molecule has 92 valence electrons. The van der Waals surface area contributed by atoms with E-state index in [1.54, 1.807) is 0 Å².